The van der Waals surface area contributed by atoms with Crippen LogP contribution in [0.15, 0.2) is 14.5 Å². The van der Waals surface area contributed by atoms with Gasteiger partial charge in [0.25, 0.3) is 15.1 Å². The molecule has 0 bridgehead atoms. The summed E-state index contributed by atoms with van der Waals surface area (Å²) in [6, 6.07) is -1.17. The molecule has 37 heavy (non-hydrogen) atoms. The van der Waals surface area contributed by atoms with Crippen molar-refractivity contribution in [1.29, 1.82) is 0 Å². The fraction of sp³-hybridized carbons (Fsp3) is 0.611. The number of carbonyl (C=O) groups is 3. The molecule has 1 unspecified atom stereocenters. The molecule has 0 aliphatic carbocycles. The molecular formula is C18H27N5O11S3. The van der Waals surface area contributed by atoms with E-state index in [-0.39, 0.29) is 42.3 Å². The third-order valence-corrected chi connectivity index (χ3v) is 10.1. The van der Waals surface area contributed by atoms with Crippen LogP contribution in [0.1, 0.15) is 38.3 Å². The van der Waals surface area contributed by atoms with Crippen molar-refractivity contribution in [3.63, 3.8) is 0 Å². The number of thiophene rings is 1. The molecule has 3 N–H and O–H groups in total. The lowest BCUT2D eigenvalue weighted by Gasteiger charge is -2.38. The molecule has 0 aromatic carbocycles. The number of esters is 1. The molecule has 0 radical (unpaired) electrons. The smallest absolute Gasteiger partial charge is 0.305 e. The Kier molecular flexibility index (Phi) is 9.94. The molecule has 208 valence electrons. The van der Waals surface area contributed by atoms with Gasteiger partial charge in [0.15, 0.2) is 0 Å². The van der Waals surface area contributed by atoms with Crippen molar-refractivity contribution in [2.75, 3.05) is 33.4 Å². The number of hydrogen-bond donors (Lipinski definition) is 2. The second kappa shape index (κ2) is 12.1. The molecule has 2 amide bonds. The van der Waals surface area contributed by atoms with Crippen LogP contribution in [0.5, 0.6) is 0 Å². The maximum Gasteiger partial charge on any atom is 0.305 e. The van der Waals surface area contributed by atoms with Crippen LogP contribution < -0.4 is 10.5 Å². The second-order valence-corrected chi connectivity index (χ2v) is 13.0. The minimum absolute atomic E-state index is 0.0180. The van der Waals surface area contributed by atoms with E-state index in [9.17, 15) is 41.3 Å². The lowest BCUT2D eigenvalue weighted by Crippen LogP contribution is -2.54. The Bertz CT molecular complexity index is 1260. The van der Waals surface area contributed by atoms with Crippen molar-refractivity contribution in [3.8, 4) is 0 Å². The van der Waals surface area contributed by atoms with E-state index in [1.807, 2.05) is 0 Å². The predicted molar refractivity (Wildman–Crippen MR) is 126 cm³/mol. The van der Waals surface area contributed by atoms with Gasteiger partial charge in [-0.25, -0.2) is 22.0 Å². The van der Waals surface area contributed by atoms with Gasteiger partial charge in [0, 0.05) is 39.0 Å². The van der Waals surface area contributed by atoms with Gasteiger partial charge in [0.1, 0.15) is 21.1 Å². The molecule has 2 heterocycles. The van der Waals surface area contributed by atoms with Gasteiger partial charge in [-0.1, -0.05) is 0 Å². The zero-order chi connectivity index (χ0) is 28.1. The molecule has 1 aromatic heterocycles. The highest BCUT2D eigenvalue weighted by atomic mass is 32.3. The highest BCUT2D eigenvalue weighted by Gasteiger charge is 2.42. The third kappa shape index (κ3) is 7.57. The minimum Gasteiger partial charge on any atom is -0.463 e. The van der Waals surface area contributed by atoms with Crippen LogP contribution in [-0.4, -0.2) is 88.3 Å². The summed E-state index contributed by atoms with van der Waals surface area (Å²) < 4.78 is 54.8. The molecule has 2 rings (SSSR count). The van der Waals surface area contributed by atoms with Gasteiger partial charge in [-0.05, 0) is 19.4 Å². The summed E-state index contributed by atoms with van der Waals surface area (Å²) in [4.78, 5) is 52.7. The Morgan fingerprint density at radius 1 is 1.41 bits per heavy atom. The number of hydrogen-bond acceptors (Lipinski definition) is 12. The van der Waals surface area contributed by atoms with E-state index in [1.54, 1.807) is 6.92 Å². The molecule has 1 aliphatic heterocycles. The first-order valence-corrected chi connectivity index (χ1v) is 14.5. The first-order valence-electron chi connectivity index (χ1n) is 10.7. The fourth-order valence-electron chi connectivity index (χ4n) is 3.54. The number of primary sulfonamides is 1. The van der Waals surface area contributed by atoms with Gasteiger partial charge in [-0.15, -0.1) is 21.5 Å². The average molecular weight is 586 g/mol. The van der Waals surface area contributed by atoms with Crippen LogP contribution in [-0.2, 0) is 44.0 Å². The van der Waals surface area contributed by atoms with Crippen molar-refractivity contribution < 1.29 is 45.9 Å². The topological polar surface area (TPSA) is 226 Å². The second-order valence-electron chi connectivity index (χ2n) is 7.88. The van der Waals surface area contributed by atoms with Crippen molar-refractivity contribution >= 4 is 49.2 Å². The minimum atomic E-state index is -4.23. The fourth-order valence-corrected chi connectivity index (χ4v) is 7.57. The summed E-state index contributed by atoms with van der Waals surface area (Å²) in [6.45, 7) is 1.66. The lowest BCUT2D eigenvalue weighted by atomic mass is 10.1. The van der Waals surface area contributed by atoms with Crippen LogP contribution in [0.2, 0.25) is 0 Å². The van der Waals surface area contributed by atoms with Gasteiger partial charge < -0.3 is 19.8 Å². The van der Waals surface area contributed by atoms with E-state index in [1.165, 1.54) is 11.9 Å². The lowest BCUT2D eigenvalue weighted by molar-refractivity contribution is -0.757. The predicted octanol–water partition coefficient (Wildman–Crippen LogP) is -1.04. The van der Waals surface area contributed by atoms with Crippen LogP contribution in [0.3, 0.4) is 0 Å². The van der Waals surface area contributed by atoms with Crippen LogP contribution >= 0.6 is 11.3 Å². The van der Waals surface area contributed by atoms with Gasteiger partial charge >= 0.3 is 5.97 Å². The van der Waals surface area contributed by atoms with Crippen LogP contribution in [0.4, 0.5) is 0 Å². The molecule has 2 atom stereocenters. The van der Waals surface area contributed by atoms with Crippen molar-refractivity contribution in [3.05, 3.63) is 21.7 Å². The Hall–Kier alpha value is -2.87. The first kappa shape index (κ1) is 30.4. The molecule has 1 aromatic rings. The van der Waals surface area contributed by atoms with Crippen molar-refractivity contribution in [2.24, 2.45) is 5.14 Å². The van der Waals surface area contributed by atoms with Gasteiger partial charge in [-0.3, -0.25) is 14.4 Å². The Labute approximate surface area is 216 Å². The number of nitrogens with zero attached hydrogens (tertiary/aromatic N) is 3. The molecule has 0 spiro atoms. The molecule has 0 saturated carbocycles. The molecular weight excluding hydrogens is 558 g/mol. The number of sulfonamides is 2. The summed E-state index contributed by atoms with van der Waals surface area (Å²) in [5.41, 5.74) is 0.0617. The van der Waals surface area contributed by atoms with E-state index < -0.39 is 65.8 Å². The number of amides is 2. The molecule has 0 fully saturated rings. The zero-order valence-electron chi connectivity index (χ0n) is 20.1. The summed E-state index contributed by atoms with van der Waals surface area (Å²) in [7, 11) is -7.00. The largest absolute Gasteiger partial charge is 0.463 e. The van der Waals surface area contributed by atoms with Gasteiger partial charge in [0.2, 0.25) is 21.8 Å². The number of fused-ring (bicyclic) bond motifs is 1. The molecule has 1 aliphatic rings. The Balaban J connectivity index is 2.29. The SMILES string of the molecule is CCN(C(=O)C(COC(=O)CCCO[N+](=O)[O-])NC(C)=O)[C@H]1CN(C)S(=O)(=O)c2sc(S(N)(=O)=O)cc21. The Morgan fingerprint density at radius 2 is 2.05 bits per heavy atom. The summed E-state index contributed by atoms with van der Waals surface area (Å²) >= 11 is 0.469. The number of carbonyl (C=O) groups excluding carboxylic acids is 3. The monoisotopic (exact) mass is 585 g/mol. The van der Waals surface area contributed by atoms with E-state index in [0.717, 1.165) is 17.3 Å². The van der Waals surface area contributed by atoms with E-state index in [2.05, 4.69) is 10.2 Å². The van der Waals surface area contributed by atoms with E-state index >= 15 is 0 Å². The number of likely N-dealkylation sites (N-methyl/N-ethyl adjacent to an activating group) is 2. The maximum absolute atomic E-state index is 13.5. The maximum atomic E-state index is 13.5. The van der Waals surface area contributed by atoms with Crippen molar-refractivity contribution in [1.82, 2.24) is 14.5 Å². The standard InChI is InChI=1S/C18H27N5O11S3/c1-4-22(14-9-21(3)37(31,32)18-12(14)8-16(35-18)36(19,29)30)17(26)13(20-11(2)24)10-33-15(25)6-5-7-34-23(27)28/h8,13-14H,4-7,9-10H2,1-3H3,(H,20,24)(H2,19,29,30)/t13?,14-/m0/s1. The normalized spacial score (nSPS) is 17.8. The molecule has 0 saturated heterocycles. The molecule has 19 heteroatoms. The number of ether oxygens (including phenoxy) is 1. The number of nitrogens with two attached hydrogens (primary N) is 1. The number of rotatable bonds is 12. The zero-order valence-corrected chi connectivity index (χ0v) is 22.6. The van der Waals surface area contributed by atoms with Gasteiger partial charge in [0.05, 0.1) is 12.6 Å². The summed E-state index contributed by atoms with van der Waals surface area (Å²) in [5.74, 6) is -2.12. The number of nitrogens with one attached hydrogen (secondary N) is 1. The van der Waals surface area contributed by atoms with Crippen LogP contribution in [0, 0.1) is 10.1 Å². The summed E-state index contributed by atoms with van der Waals surface area (Å²) in [5, 5.41) is 16.7. The van der Waals surface area contributed by atoms with E-state index in [0.29, 0.717) is 11.3 Å². The first-order chi connectivity index (χ1) is 17.1. The van der Waals surface area contributed by atoms with Gasteiger partial charge in [-0.2, -0.15) is 4.31 Å². The average Bonchev–Trinajstić information content (AvgIpc) is 3.25. The van der Waals surface area contributed by atoms with Crippen LogP contribution in [0.25, 0.3) is 0 Å². The van der Waals surface area contributed by atoms with E-state index in [4.69, 9.17) is 9.88 Å². The Morgan fingerprint density at radius 3 is 2.59 bits per heavy atom. The molecule has 16 nitrogen and oxygen atoms in total. The van der Waals surface area contributed by atoms with Crippen molar-refractivity contribution in [2.45, 2.75) is 47.2 Å². The third-order valence-electron chi connectivity index (χ3n) is 5.22. The quantitative estimate of drug-likeness (QED) is 0.130. The highest BCUT2D eigenvalue weighted by Crippen LogP contribution is 2.41. The summed E-state index contributed by atoms with van der Waals surface area (Å²) in [6.07, 6.45) is -0.262. The highest BCUT2D eigenvalue weighted by molar-refractivity contribution is 7.94.